The third-order valence-electron chi connectivity index (χ3n) is 3.61. The molecule has 1 saturated heterocycles. The molecule has 1 unspecified atom stereocenters. The maximum Gasteiger partial charge on any atom is 0.0589 e. The van der Waals surface area contributed by atoms with Gasteiger partial charge in [0.05, 0.1) is 6.61 Å². The first kappa shape index (κ1) is 12.6. The second kappa shape index (κ2) is 5.17. The zero-order chi connectivity index (χ0) is 12.3. The molecule has 1 aromatic rings. The quantitative estimate of drug-likeness (QED) is 0.857. The van der Waals surface area contributed by atoms with Crippen LogP contribution in [0.25, 0.3) is 0 Å². The van der Waals surface area contributed by atoms with Crippen LogP contribution in [0.2, 0.25) is 0 Å². The first-order valence-corrected chi connectivity index (χ1v) is 6.18. The molecular formula is C14H22N2O. The predicted octanol–water partition coefficient (Wildman–Crippen LogP) is 1.45. The van der Waals surface area contributed by atoms with Gasteiger partial charge in [-0.1, -0.05) is 30.3 Å². The lowest BCUT2D eigenvalue weighted by molar-refractivity contribution is 0.158. The molecule has 1 aromatic carbocycles. The molecule has 1 fully saturated rings. The van der Waals surface area contributed by atoms with E-state index in [1.807, 2.05) is 0 Å². The van der Waals surface area contributed by atoms with Gasteiger partial charge in [0.2, 0.25) is 0 Å². The first-order chi connectivity index (χ1) is 8.13. The van der Waals surface area contributed by atoms with Crippen LogP contribution in [0.3, 0.4) is 0 Å². The second-order valence-corrected chi connectivity index (χ2v) is 5.20. The summed E-state index contributed by atoms with van der Waals surface area (Å²) >= 11 is 0. The van der Waals surface area contributed by atoms with E-state index < -0.39 is 0 Å². The highest BCUT2D eigenvalue weighted by Gasteiger charge is 2.40. The minimum atomic E-state index is -0.144. The van der Waals surface area contributed by atoms with Gasteiger partial charge in [-0.3, -0.25) is 4.90 Å². The molecule has 3 heteroatoms. The summed E-state index contributed by atoms with van der Waals surface area (Å²) in [4.78, 5) is 2.39. The van der Waals surface area contributed by atoms with Crippen molar-refractivity contribution in [3.05, 3.63) is 35.9 Å². The smallest absolute Gasteiger partial charge is 0.0589 e. The molecule has 1 aliphatic heterocycles. The zero-order valence-electron chi connectivity index (χ0n) is 10.7. The lowest BCUT2D eigenvalue weighted by Gasteiger charge is -2.26. The van der Waals surface area contributed by atoms with Crippen LogP contribution in [-0.2, 0) is 4.74 Å². The third-order valence-corrected chi connectivity index (χ3v) is 3.61. The average molecular weight is 234 g/mol. The first-order valence-electron chi connectivity index (χ1n) is 6.18. The molecule has 2 atom stereocenters. The van der Waals surface area contributed by atoms with Gasteiger partial charge in [-0.05, 0) is 12.5 Å². The highest BCUT2D eigenvalue weighted by atomic mass is 16.5. The van der Waals surface area contributed by atoms with Crippen molar-refractivity contribution < 1.29 is 4.74 Å². The topological polar surface area (TPSA) is 38.5 Å². The van der Waals surface area contributed by atoms with Crippen LogP contribution < -0.4 is 5.73 Å². The predicted molar refractivity (Wildman–Crippen MR) is 70.1 cm³/mol. The zero-order valence-corrected chi connectivity index (χ0v) is 10.7. The van der Waals surface area contributed by atoms with Crippen LogP contribution >= 0.6 is 0 Å². The Labute approximate surface area is 104 Å². The molecule has 0 spiro atoms. The van der Waals surface area contributed by atoms with Gasteiger partial charge in [-0.2, -0.15) is 0 Å². The minimum absolute atomic E-state index is 0.144. The number of likely N-dealkylation sites (tertiary alicyclic amines) is 1. The largest absolute Gasteiger partial charge is 0.383 e. The van der Waals surface area contributed by atoms with Crippen molar-refractivity contribution in [2.24, 2.45) is 5.73 Å². The van der Waals surface area contributed by atoms with E-state index in [2.05, 4.69) is 42.2 Å². The maximum atomic E-state index is 6.43. The Bertz CT molecular complexity index is 350. The number of benzene rings is 1. The fourth-order valence-electron chi connectivity index (χ4n) is 2.69. The van der Waals surface area contributed by atoms with Crippen molar-refractivity contribution in [2.75, 3.05) is 33.4 Å². The van der Waals surface area contributed by atoms with Crippen molar-refractivity contribution in [2.45, 2.75) is 18.4 Å². The van der Waals surface area contributed by atoms with E-state index in [0.717, 1.165) is 26.2 Å². The fourth-order valence-corrected chi connectivity index (χ4v) is 2.69. The normalized spacial score (nSPS) is 29.7. The summed E-state index contributed by atoms with van der Waals surface area (Å²) in [6.07, 6.45) is 0. The Morgan fingerprint density at radius 2 is 2.12 bits per heavy atom. The van der Waals surface area contributed by atoms with Crippen LogP contribution in [0.1, 0.15) is 18.4 Å². The molecule has 1 aliphatic rings. The minimum Gasteiger partial charge on any atom is -0.383 e. The van der Waals surface area contributed by atoms with E-state index in [1.165, 1.54) is 5.56 Å². The summed E-state index contributed by atoms with van der Waals surface area (Å²) < 4.78 is 5.13. The Balaban J connectivity index is 2.08. The summed E-state index contributed by atoms with van der Waals surface area (Å²) in [6.45, 7) is 5.86. The standard InChI is InChI=1S/C14H22N2O/c1-14(15)11-16(8-9-17-2)10-13(14)12-6-4-3-5-7-12/h3-7,13H,8-11,15H2,1-2H3/t13-,14?/m0/s1. The summed E-state index contributed by atoms with van der Waals surface area (Å²) in [7, 11) is 1.74. The molecule has 0 bridgehead atoms. The Hall–Kier alpha value is -0.900. The number of hydrogen-bond donors (Lipinski definition) is 1. The Morgan fingerprint density at radius 1 is 1.41 bits per heavy atom. The molecule has 2 rings (SSSR count). The van der Waals surface area contributed by atoms with E-state index in [0.29, 0.717) is 5.92 Å². The van der Waals surface area contributed by atoms with E-state index >= 15 is 0 Å². The van der Waals surface area contributed by atoms with Crippen LogP contribution in [0, 0.1) is 0 Å². The van der Waals surface area contributed by atoms with Crippen molar-refractivity contribution in [1.82, 2.24) is 4.90 Å². The van der Waals surface area contributed by atoms with E-state index in [4.69, 9.17) is 10.5 Å². The van der Waals surface area contributed by atoms with Crippen molar-refractivity contribution in [1.29, 1.82) is 0 Å². The number of rotatable bonds is 4. The van der Waals surface area contributed by atoms with Crippen LogP contribution in [0.4, 0.5) is 0 Å². The number of nitrogens with two attached hydrogens (primary N) is 1. The molecule has 0 amide bonds. The van der Waals surface area contributed by atoms with Gasteiger partial charge < -0.3 is 10.5 Å². The van der Waals surface area contributed by atoms with E-state index in [1.54, 1.807) is 7.11 Å². The Kier molecular flexibility index (Phi) is 3.82. The third kappa shape index (κ3) is 2.86. The van der Waals surface area contributed by atoms with E-state index in [9.17, 15) is 0 Å². The highest BCUT2D eigenvalue weighted by molar-refractivity contribution is 5.26. The number of hydrogen-bond acceptors (Lipinski definition) is 3. The molecule has 1 heterocycles. The van der Waals surface area contributed by atoms with Crippen molar-refractivity contribution >= 4 is 0 Å². The van der Waals surface area contributed by atoms with E-state index in [-0.39, 0.29) is 5.54 Å². The van der Waals surface area contributed by atoms with Crippen LogP contribution in [-0.4, -0.2) is 43.8 Å². The van der Waals surface area contributed by atoms with Gasteiger partial charge in [0.25, 0.3) is 0 Å². The number of nitrogens with zero attached hydrogens (tertiary/aromatic N) is 1. The number of methoxy groups -OCH3 is 1. The van der Waals surface area contributed by atoms with Gasteiger partial charge in [-0.15, -0.1) is 0 Å². The summed E-state index contributed by atoms with van der Waals surface area (Å²) in [5, 5.41) is 0. The molecule has 3 nitrogen and oxygen atoms in total. The maximum absolute atomic E-state index is 6.43. The van der Waals surface area contributed by atoms with Crippen molar-refractivity contribution in [3.8, 4) is 0 Å². The molecule has 0 aliphatic carbocycles. The molecule has 0 saturated carbocycles. The number of ether oxygens (including phenoxy) is 1. The second-order valence-electron chi connectivity index (χ2n) is 5.20. The lowest BCUT2D eigenvalue weighted by atomic mass is 9.84. The fraction of sp³-hybridized carbons (Fsp3) is 0.571. The molecule has 17 heavy (non-hydrogen) atoms. The summed E-state index contributed by atoms with van der Waals surface area (Å²) in [5.74, 6) is 0.417. The SMILES string of the molecule is COCCN1C[C@@H](c2ccccc2)C(C)(N)C1. The molecule has 0 radical (unpaired) electrons. The summed E-state index contributed by atoms with van der Waals surface area (Å²) in [6, 6.07) is 10.6. The van der Waals surface area contributed by atoms with Gasteiger partial charge in [0.15, 0.2) is 0 Å². The lowest BCUT2D eigenvalue weighted by Crippen LogP contribution is -2.43. The highest BCUT2D eigenvalue weighted by Crippen LogP contribution is 2.33. The van der Waals surface area contributed by atoms with Crippen LogP contribution in [0.15, 0.2) is 30.3 Å². The van der Waals surface area contributed by atoms with Gasteiger partial charge >= 0.3 is 0 Å². The Morgan fingerprint density at radius 3 is 2.76 bits per heavy atom. The monoisotopic (exact) mass is 234 g/mol. The average Bonchev–Trinajstić information content (AvgIpc) is 2.63. The van der Waals surface area contributed by atoms with Crippen LogP contribution in [0.5, 0.6) is 0 Å². The molecule has 94 valence electrons. The molecule has 2 N–H and O–H groups in total. The summed E-state index contributed by atoms with van der Waals surface area (Å²) in [5.41, 5.74) is 7.63. The van der Waals surface area contributed by atoms with Gasteiger partial charge in [-0.25, -0.2) is 0 Å². The molecular weight excluding hydrogens is 212 g/mol. The van der Waals surface area contributed by atoms with Gasteiger partial charge in [0.1, 0.15) is 0 Å². The van der Waals surface area contributed by atoms with Gasteiger partial charge in [0, 0.05) is 38.2 Å². The van der Waals surface area contributed by atoms with Crippen molar-refractivity contribution in [3.63, 3.8) is 0 Å². The molecule has 0 aromatic heterocycles.